The minimum absolute atomic E-state index is 0.00192. The van der Waals surface area contributed by atoms with Crippen molar-refractivity contribution >= 4 is 34.0 Å². The van der Waals surface area contributed by atoms with Gasteiger partial charge in [-0.25, -0.2) is 19.6 Å². The molecule has 0 bridgehead atoms. The van der Waals surface area contributed by atoms with Crippen LogP contribution in [0.2, 0.25) is 18.1 Å². The Labute approximate surface area is 443 Å². The summed E-state index contributed by atoms with van der Waals surface area (Å²) in [5.41, 5.74) is 4.35. The van der Waals surface area contributed by atoms with Crippen LogP contribution in [-0.2, 0) is 44.5 Å². The van der Waals surface area contributed by atoms with Gasteiger partial charge in [0.15, 0.2) is 20.2 Å². The molecule has 1 saturated heterocycles. The molecule has 7 rings (SSSR count). The third-order valence-electron chi connectivity index (χ3n) is 13.7. The van der Waals surface area contributed by atoms with Gasteiger partial charge in [-0.05, 0) is 98.4 Å². The first-order valence-corrected chi connectivity index (χ1v) is 29.4. The van der Waals surface area contributed by atoms with Crippen LogP contribution in [0.25, 0.3) is 22.4 Å². The van der Waals surface area contributed by atoms with E-state index in [-0.39, 0.29) is 56.2 Å². The number of ether oxygens (including phenoxy) is 5. The van der Waals surface area contributed by atoms with E-state index in [2.05, 4.69) is 84.4 Å². The van der Waals surface area contributed by atoms with Gasteiger partial charge in [0, 0.05) is 17.6 Å². The van der Waals surface area contributed by atoms with Gasteiger partial charge in [0.05, 0.1) is 65.2 Å². The maximum Gasteiger partial charge on any atom is 0.310 e. The molecular weight excluding hydrogens is 986 g/mol. The van der Waals surface area contributed by atoms with E-state index in [1.54, 1.807) is 20.5 Å². The van der Waals surface area contributed by atoms with Crippen LogP contribution in [0.3, 0.4) is 0 Å². The van der Waals surface area contributed by atoms with E-state index in [0.29, 0.717) is 33.9 Å². The number of aromatic nitrogens is 4. The molecule has 16 nitrogen and oxygen atoms in total. The molecule has 0 saturated carbocycles. The van der Waals surface area contributed by atoms with Crippen LogP contribution >= 0.6 is 8.53 Å². The predicted molar refractivity (Wildman–Crippen MR) is 290 cm³/mol. The maximum atomic E-state index is 12.7. The zero-order chi connectivity index (χ0) is 53.9. The Morgan fingerprint density at radius 2 is 1.41 bits per heavy atom. The number of carbonyl (C=O) groups is 1. The summed E-state index contributed by atoms with van der Waals surface area (Å²) in [4.78, 5) is 27.2. The van der Waals surface area contributed by atoms with E-state index in [0.717, 1.165) is 22.3 Å². The van der Waals surface area contributed by atoms with E-state index in [4.69, 9.17) is 57.4 Å². The molecule has 0 spiro atoms. The summed E-state index contributed by atoms with van der Waals surface area (Å²) in [6.07, 6.45) is 0.249. The van der Waals surface area contributed by atoms with Gasteiger partial charge < -0.3 is 37.2 Å². The highest BCUT2D eigenvalue weighted by Crippen LogP contribution is 2.53. The number of fused-ring (bicyclic) bond motifs is 1. The molecule has 396 valence electrons. The monoisotopic (exact) mass is 1060 g/mol. The smallest absolute Gasteiger partial charge is 0.310 e. The maximum absolute atomic E-state index is 12.7. The van der Waals surface area contributed by atoms with Crippen molar-refractivity contribution in [2.75, 3.05) is 34.0 Å². The molecule has 0 N–H and O–H groups in total. The first kappa shape index (κ1) is 56.6. The molecule has 1 unspecified atom stereocenters. The Hall–Kier alpha value is -6.11. The molecule has 0 aliphatic carbocycles. The number of esters is 1. The lowest BCUT2D eigenvalue weighted by Gasteiger charge is -2.42. The first-order chi connectivity index (χ1) is 36.0. The summed E-state index contributed by atoms with van der Waals surface area (Å²) < 4.78 is 57.4. The molecular formula is C57H70N7O9PSi. The fourth-order valence-electron chi connectivity index (χ4n) is 9.02. The topological polar surface area (TPSA) is 185 Å². The zero-order valence-corrected chi connectivity index (χ0v) is 46.8. The fraction of sp³-hybridized carbons (Fsp3) is 0.439. The van der Waals surface area contributed by atoms with Crippen LogP contribution in [0, 0.1) is 22.7 Å². The van der Waals surface area contributed by atoms with Crippen LogP contribution in [-0.4, -0.2) is 103 Å². The van der Waals surface area contributed by atoms with Crippen LogP contribution in [0.4, 0.5) is 0 Å². The predicted octanol–water partition coefficient (Wildman–Crippen LogP) is 11.5. The largest absolute Gasteiger partial charge is 0.497 e. The Morgan fingerprint density at radius 1 is 0.800 bits per heavy atom. The lowest BCUT2D eigenvalue weighted by Crippen LogP contribution is -2.50. The molecule has 4 aromatic carbocycles. The van der Waals surface area contributed by atoms with E-state index in [9.17, 15) is 10.1 Å². The Morgan fingerprint density at radius 3 is 2.00 bits per heavy atom. The van der Waals surface area contributed by atoms with E-state index in [1.165, 1.54) is 6.33 Å². The summed E-state index contributed by atoms with van der Waals surface area (Å²) in [5.74, 6) is 0.960. The standard InChI is InChI=1S/C57H70N7O9PSi/c1-39(2)64(40(3)4)74(70-33-17-31-59)72-52-48(36-69-57(43-20-13-12-14-21-43,44-22-26-46(66-8)27-23-44)45-24-28-47(67-9)29-25-45)71-55(53(52)73-75(10,11)56(5,6)7)63-38-62-51-50(60-37-61-54(51)63)42-19-15-18-41(34-42)35-49(65)68-32-16-30-58/h12-15,18-29,34,37-40,48,52-53,55H,16-17,32-33,35-36H2,1-11H3/t48-,52-,53-,55-,74?/m1/s1. The molecule has 3 heterocycles. The number of nitrogens with zero attached hydrogens (tertiary/aromatic N) is 7. The third-order valence-corrected chi connectivity index (χ3v) is 20.3. The molecule has 18 heteroatoms. The second-order valence-electron chi connectivity index (χ2n) is 20.4. The van der Waals surface area contributed by atoms with Crippen molar-refractivity contribution in [3.63, 3.8) is 0 Å². The Balaban J connectivity index is 1.40. The summed E-state index contributed by atoms with van der Waals surface area (Å²) in [7, 11) is -1.23. The van der Waals surface area contributed by atoms with Gasteiger partial charge in [-0.3, -0.25) is 9.36 Å². The average Bonchev–Trinajstić information content (AvgIpc) is 3.98. The van der Waals surface area contributed by atoms with Crippen LogP contribution in [0.1, 0.15) is 89.8 Å². The van der Waals surface area contributed by atoms with Gasteiger partial charge in [-0.2, -0.15) is 10.5 Å². The zero-order valence-electron chi connectivity index (χ0n) is 44.9. The van der Waals surface area contributed by atoms with Gasteiger partial charge >= 0.3 is 5.97 Å². The normalized spacial score (nSPS) is 17.5. The van der Waals surface area contributed by atoms with Crippen molar-refractivity contribution in [3.05, 3.63) is 138 Å². The molecule has 1 aliphatic rings. The number of rotatable bonds is 24. The summed E-state index contributed by atoms with van der Waals surface area (Å²) in [6.45, 7) is 19.6. The van der Waals surface area contributed by atoms with Gasteiger partial charge in [-0.1, -0.05) is 93.6 Å². The summed E-state index contributed by atoms with van der Waals surface area (Å²) in [5, 5.41) is 18.4. The number of hydrogen-bond donors (Lipinski definition) is 0. The Kier molecular flexibility index (Phi) is 19.0. The average molecular weight is 1060 g/mol. The molecule has 6 aromatic rings. The molecule has 1 fully saturated rings. The number of imidazole rings is 1. The van der Waals surface area contributed by atoms with Crippen LogP contribution in [0.5, 0.6) is 11.5 Å². The van der Waals surface area contributed by atoms with Gasteiger partial charge in [0.25, 0.3) is 8.53 Å². The molecule has 0 radical (unpaired) electrons. The number of nitriles is 2. The van der Waals surface area contributed by atoms with Crippen LogP contribution in [0.15, 0.2) is 116 Å². The summed E-state index contributed by atoms with van der Waals surface area (Å²) in [6, 6.07) is 37.6. The van der Waals surface area contributed by atoms with Crippen LogP contribution < -0.4 is 9.47 Å². The second-order valence-corrected chi connectivity index (χ2v) is 26.6. The lowest BCUT2D eigenvalue weighted by molar-refractivity contribution is -0.142. The molecule has 0 amide bonds. The van der Waals surface area contributed by atoms with Crippen molar-refractivity contribution in [2.24, 2.45) is 0 Å². The van der Waals surface area contributed by atoms with E-state index in [1.807, 2.05) is 102 Å². The number of carbonyl (C=O) groups excluding carboxylic acids is 1. The van der Waals surface area contributed by atoms with Crippen molar-refractivity contribution in [1.29, 1.82) is 10.5 Å². The van der Waals surface area contributed by atoms with E-state index >= 15 is 0 Å². The van der Waals surface area contributed by atoms with E-state index < -0.39 is 53.0 Å². The molecule has 2 aromatic heterocycles. The first-order valence-electron chi connectivity index (χ1n) is 25.3. The Bertz CT molecular complexity index is 2850. The van der Waals surface area contributed by atoms with Gasteiger partial charge in [0.2, 0.25) is 0 Å². The fourth-order valence-corrected chi connectivity index (χ4v) is 12.1. The quantitative estimate of drug-likeness (QED) is 0.0183. The molecule has 5 atom stereocenters. The highest BCUT2D eigenvalue weighted by molar-refractivity contribution is 7.44. The summed E-state index contributed by atoms with van der Waals surface area (Å²) >= 11 is 0. The highest BCUT2D eigenvalue weighted by atomic mass is 31.2. The number of hydrogen-bond acceptors (Lipinski definition) is 15. The molecule has 75 heavy (non-hydrogen) atoms. The minimum atomic E-state index is -2.68. The number of benzene rings is 4. The third kappa shape index (κ3) is 12.9. The number of methoxy groups -OCH3 is 2. The van der Waals surface area contributed by atoms with Crippen molar-refractivity contribution in [3.8, 4) is 34.9 Å². The van der Waals surface area contributed by atoms with Gasteiger partial charge in [0.1, 0.15) is 59.6 Å². The SMILES string of the molecule is COc1ccc(C(OC[C@H]2O[C@@H](n3cnc4c(-c5cccc(CC(=O)OCCC#N)c5)ncnc43)[C@H](O[Si](C)(C)C(C)(C)C)[C@@H]2OP(OCCC#N)N(C(C)C)C(C)C)(c2ccccc2)c2ccc(OC)cc2)cc1. The second kappa shape index (κ2) is 25.2. The highest BCUT2D eigenvalue weighted by Gasteiger charge is 2.54. The van der Waals surface area contributed by atoms with Crippen molar-refractivity contribution in [2.45, 2.75) is 128 Å². The lowest BCUT2D eigenvalue weighted by atomic mass is 9.80. The molecule has 1 aliphatic heterocycles. The van der Waals surface area contributed by atoms with Crippen molar-refractivity contribution in [1.82, 2.24) is 24.2 Å². The van der Waals surface area contributed by atoms with Crippen molar-refractivity contribution < 1.29 is 42.0 Å². The van der Waals surface area contributed by atoms with Gasteiger partial charge in [-0.15, -0.1) is 0 Å². The minimum Gasteiger partial charge on any atom is -0.497 e.